The maximum absolute atomic E-state index is 6.83. The topological polar surface area (TPSA) is 31.4 Å². The quantitative estimate of drug-likeness (QED) is 0.335. The van der Waals surface area contributed by atoms with Crippen LogP contribution in [0.3, 0.4) is 0 Å². The molecule has 0 saturated heterocycles. The van der Waals surface area contributed by atoms with Gasteiger partial charge in [0.2, 0.25) is 0 Å². The van der Waals surface area contributed by atoms with Gasteiger partial charge in [-0.2, -0.15) is 0 Å². The molecule has 1 rings (SSSR count). The van der Waals surface area contributed by atoms with Crippen LogP contribution in [0.1, 0.15) is 73.0 Å². The van der Waals surface area contributed by atoms with Gasteiger partial charge in [-0.15, -0.1) is 0 Å². The highest BCUT2D eigenvalue weighted by atomic mass is 35.5. The van der Waals surface area contributed by atoms with E-state index in [1.165, 1.54) is 0 Å². The van der Waals surface area contributed by atoms with Crippen molar-refractivity contribution in [1.82, 2.24) is 4.98 Å². The zero-order valence-electron chi connectivity index (χ0n) is 18.1. The summed E-state index contributed by atoms with van der Waals surface area (Å²) in [5, 5.41) is 1.19. The van der Waals surface area contributed by atoms with Gasteiger partial charge in [0.1, 0.15) is 0 Å². The van der Waals surface area contributed by atoms with Gasteiger partial charge in [-0.25, -0.2) is 0 Å². The van der Waals surface area contributed by atoms with Crippen LogP contribution in [0.5, 0.6) is 0 Å². The first kappa shape index (κ1) is 24.9. The van der Waals surface area contributed by atoms with Crippen LogP contribution in [-0.2, 0) is 9.16 Å². The molecular weight excluding hydrogens is 397 g/mol. The molecule has 6 heteroatoms. The Balaban J connectivity index is 2.98. The Morgan fingerprint density at radius 2 is 1.52 bits per heavy atom. The largest absolute Gasteiger partial charge is 0.410 e. The second-order valence-electron chi connectivity index (χ2n) is 8.47. The number of hydrogen-bond acceptors (Lipinski definition) is 3. The summed E-state index contributed by atoms with van der Waals surface area (Å²) < 4.78 is 12.8. The number of rotatable bonds is 11. The number of pyridine rings is 1. The summed E-state index contributed by atoms with van der Waals surface area (Å²) in [6.45, 7) is 16.0. The Morgan fingerprint density at radius 1 is 1.00 bits per heavy atom. The van der Waals surface area contributed by atoms with Crippen LogP contribution in [0.2, 0.25) is 28.2 Å². The van der Waals surface area contributed by atoms with E-state index in [9.17, 15) is 0 Å². The van der Waals surface area contributed by atoms with Gasteiger partial charge in [0.15, 0.2) is 8.32 Å². The monoisotopic (exact) mass is 433 g/mol. The van der Waals surface area contributed by atoms with Gasteiger partial charge >= 0.3 is 0 Å². The third-order valence-electron chi connectivity index (χ3n) is 5.26. The molecule has 2 atom stereocenters. The third kappa shape index (κ3) is 8.02. The number of hydrogen-bond donors (Lipinski definition) is 0. The number of ether oxygens (including phenoxy) is 1. The SMILES string of the molecule is CC[Si](CC)(CC)OC(CCC(C)COC(C)(C)C)c1c(Cl)cncc1Cl. The third-order valence-corrected chi connectivity index (χ3v) is 10.5. The maximum Gasteiger partial charge on any atom is 0.192 e. The Kier molecular flexibility index (Phi) is 10.3. The predicted octanol–water partition coefficient (Wildman–Crippen LogP) is 7.68. The van der Waals surface area contributed by atoms with E-state index >= 15 is 0 Å². The van der Waals surface area contributed by atoms with Crippen LogP contribution in [0.15, 0.2) is 12.4 Å². The summed E-state index contributed by atoms with van der Waals surface area (Å²) >= 11 is 13.0. The number of aromatic nitrogens is 1. The van der Waals surface area contributed by atoms with Crippen molar-refractivity contribution >= 4 is 31.5 Å². The smallest absolute Gasteiger partial charge is 0.192 e. The molecule has 3 nitrogen and oxygen atoms in total. The highest BCUT2D eigenvalue weighted by molar-refractivity contribution is 6.73. The molecular formula is C21H37Cl2NO2Si. The molecule has 1 heterocycles. The normalized spacial score (nSPS) is 15.0. The first-order valence-electron chi connectivity index (χ1n) is 10.2. The fourth-order valence-electron chi connectivity index (χ4n) is 3.20. The van der Waals surface area contributed by atoms with Gasteiger partial charge in [-0.05, 0) is 57.7 Å². The first-order valence-corrected chi connectivity index (χ1v) is 13.5. The summed E-state index contributed by atoms with van der Waals surface area (Å²) in [6.07, 6.45) is 5.12. The van der Waals surface area contributed by atoms with E-state index in [2.05, 4.69) is 53.5 Å². The maximum atomic E-state index is 6.83. The van der Waals surface area contributed by atoms with Gasteiger partial charge in [0.25, 0.3) is 0 Å². The van der Waals surface area contributed by atoms with Gasteiger partial charge in [-0.1, -0.05) is 50.9 Å². The van der Waals surface area contributed by atoms with Gasteiger partial charge < -0.3 is 9.16 Å². The summed E-state index contributed by atoms with van der Waals surface area (Å²) in [7, 11) is -1.80. The number of nitrogens with zero attached hydrogens (tertiary/aromatic N) is 1. The molecule has 0 aliphatic rings. The molecule has 2 unspecified atom stereocenters. The first-order chi connectivity index (χ1) is 12.6. The molecule has 0 fully saturated rings. The average Bonchev–Trinajstić information content (AvgIpc) is 2.61. The lowest BCUT2D eigenvalue weighted by Gasteiger charge is -2.34. The van der Waals surface area contributed by atoms with Gasteiger partial charge in [0, 0.05) is 24.6 Å². The molecule has 0 spiro atoms. The average molecular weight is 435 g/mol. The molecule has 0 bridgehead atoms. The summed E-state index contributed by atoms with van der Waals surface area (Å²) in [6, 6.07) is 3.29. The predicted molar refractivity (Wildman–Crippen MR) is 119 cm³/mol. The van der Waals surface area contributed by atoms with E-state index in [0.717, 1.165) is 43.1 Å². The highest BCUT2D eigenvalue weighted by Crippen LogP contribution is 2.39. The van der Waals surface area contributed by atoms with Crippen LogP contribution in [0, 0.1) is 5.92 Å². The molecule has 156 valence electrons. The molecule has 0 radical (unpaired) electrons. The van der Waals surface area contributed by atoms with Gasteiger partial charge in [0.05, 0.1) is 21.8 Å². The fourth-order valence-corrected chi connectivity index (χ4v) is 6.65. The van der Waals surface area contributed by atoms with Crippen LogP contribution in [-0.4, -0.2) is 25.5 Å². The van der Waals surface area contributed by atoms with Crippen molar-refractivity contribution in [1.29, 1.82) is 0 Å². The molecule has 27 heavy (non-hydrogen) atoms. The Labute approximate surface area is 177 Å². The zero-order chi connectivity index (χ0) is 20.7. The molecule has 0 aromatic carbocycles. The second kappa shape index (κ2) is 11.2. The molecule has 1 aromatic rings. The Hall–Kier alpha value is -0.133. The molecule has 0 saturated carbocycles. The summed E-state index contributed by atoms with van der Waals surface area (Å²) in [5.74, 6) is 0.440. The summed E-state index contributed by atoms with van der Waals surface area (Å²) in [5.41, 5.74) is 0.779. The van der Waals surface area contributed by atoms with Crippen LogP contribution in [0.4, 0.5) is 0 Å². The van der Waals surface area contributed by atoms with Crippen LogP contribution >= 0.6 is 23.2 Å². The molecule has 0 aliphatic heterocycles. The molecule has 0 N–H and O–H groups in total. The Bertz CT molecular complexity index is 545. The van der Waals surface area contributed by atoms with Crippen LogP contribution in [0.25, 0.3) is 0 Å². The van der Waals surface area contributed by atoms with Crippen molar-refractivity contribution in [2.24, 2.45) is 5.92 Å². The minimum atomic E-state index is -1.80. The van der Waals surface area contributed by atoms with E-state index in [-0.39, 0.29) is 11.7 Å². The summed E-state index contributed by atoms with van der Waals surface area (Å²) in [4.78, 5) is 4.11. The van der Waals surface area contributed by atoms with Crippen LogP contribution < -0.4 is 0 Å². The van der Waals surface area contributed by atoms with Crippen molar-refractivity contribution in [2.75, 3.05) is 6.61 Å². The van der Waals surface area contributed by atoms with E-state index in [1.54, 1.807) is 12.4 Å². The van der Waals surface area contributed by atoms with E-state index in [4.69, 9.17) is 32.4 Å². The highest BCUT2D eigenvalue weighted by Gasteiger charge is 2.34. The zero-order valence-corrected chi connectivity index (χ0v) is 20.6. The minimum absolute atomic E-state index is 0.0865. The van der Waals surface area contributed by atoms with Crippen molar-refractivity contribution in [2.45, 2.75) is 91.1 Å². The molecule has 0 amide bonds. The van der Waals surface area contributed by atoms with E-state index in [1.807, 2.05) is 0 Å². The fraction of sp³-hybridized carbons (Fsp3) is 0.762. The second-order valence-corrected chi connectivity index (χ2v) is 14.0. The van der Waals surface area contributed by atoms with Crippen molar-refractivity contribution in [3.8, 4) is 0 Å². The minimum Gasteiger partial charge on any atom is -0.410 e. The number of halogens is 2. The molecule has 1 aromatic heterocycles. The standard InChI is InChI=1S/C21H37Cl2NO2Si/c1-8-27(9-2,10-3)26-19(20-17(22)13-24-14-18(20)23)12-11-16(4)15-25-21(5,6)7/h13-14,16,19H,8-12,15H2,1-7H3. The Morgan fingerprint density at radius 3 is 1.96 bits per heavy atom. The van der Waals surface area contributed by atoms with E-state index < -0.39 is 8.32 Å². The lowest BCUT2D eigenvalue weighted by Crippen LogP contribution is -2.37. The van der Waals surface area contributed by atoms with E-state index in [0.29, 0.717) is 16.0 Å². The molecule has 0 aliphatic carbocycles. The lowest BCUT2D eigenvalue weighted by molar-refractivity contribution is -0.0221. The van der Waals surface area contributed by atoms with Crippen molar-refractivity contribution in [3.05, 3.63) is 28.0 Å². The van der Waals surface area contributed by atoms with Crippen molar-refractivity contribution in [3.63, 3.8) is 0 Å². The van der Waals surface area contributed by atoms with Crippen molar-refractivity contribution < 1.29 is 9.16 Å². The van der Waals surface area contributed by atoms with Gasteiger partial charge in [-0.3, -0.25) is 4.98 Å². The lowest BCUT2D eigenvalue weighted by atomic mass is 9.99.